The highest BCUT2D eigenvalue weighted by Gasteiger charge is 2.10. The first-order valence-electron chi connectivity index (χ1n) is 6.39. The van der Waals surface area contributed by atoms with Crippen molar-refractivity contribution in [1.29, 1.82) is 0 Å². The van der Waals surface area contributed by atoms with Crippen LogP contribution in [0.25, 0.3) is 11.5 Å². The van der Waals surface area contributed by atoms with Crippen molar-refractivity contribution >= 4 is 5.91 Å². The van der Waals surface area contributed by atoms with Gasteiger partial charge in [0.05, 0.1) is 18.3 Å². The molecule has 0 saturated carbocycles. The molecule has 7 heteroatoms. The molecule has 2 N–H and O–H groups in total. The lowest BCUT2D eigenvalue weighted by Crippen LogP contribution is -2.34. The molecule has 2 heterocycles. The second kappa shape index (κ2) is 7.41. The number of hydrogen-bond acceptors (Lipinski definition) is 6. The third-order valence-electron chi connectivity index (χ3n) is 2.67. The third kappa shape index (κ3) is 4.30. The molecule has 0 bridgehead atoms. The topological polar surface area (TPSA) is 97.2 Å². The zero-order chi connectivity index (χ0) is 15.1. The number of carbonyl (C=O) groups excluding carboxylic acids is 1. The van der Waals surface area contributed by atoms with Crippen LogP contribution in [0.3, 0.4) is 0 Å². The number of methoxy groups -OCH3 is 1. The minimum Gasteiger partial charge on any atom is -0.389 e. The number of aliphatic hydroxyl groups is 1. The fourth-order valence-corrected chi connectivity index (χ4v) is 1.64. The molecule has 1 amide bonds. The molecule has 0 fully saturated rings. The van der Waals surface area contributed by atoms with Crippen LogP contribution in [0.4, 0.5) is 0 Å². The lowest BCUT2D eigenvalue weighted by atomic mass is 10.3. The molecule has 0 unspecified atom stereocenters. The normalized spacial score (nSPS) is 11.9. The quantitative estimate of drug-likeness (QED) is 0.792. The van der Waals surface area contributed by atoms with Gasteiger partial charge in [-0.25, -0.2) is 9.97 Å². The van der Waals surface area contributed by atoms with Gasteiger partial charge < -0.3 is 15.2 Å². The zero-order valence-electron chi connectivity index (χ0n) is 11.6. The van der Waals surface area contributed by atoms with Gasteiger partial charge >= 0.3 is 0 Å². The van der Waals surface area contributed by atoms with Crippen LogP contribution in [0, 0.1) is 0 Å². The number of amides is 1. The van der Waals surface area contributed by atoms with Gasteiger partial charge in [0, 0.05) is 32.2 Å². The van der Waals surface area contributed by atoms with E-state index in [1.54, 1.807) is 18.3 Å². The molecule has 1 atom stereocenters. The molecule has 0 spiro atoms. The summed E-state index contributed by atoms with van der Waals surface area (Å²) in [6.07, 6.45) is 3.76. The molecule has 0 aliphatic rings. The van der Waals surface area contributed by atoms with Crippen molar-refractivity contribution in [3.05, 3.63) is 42.4 Å². The Balaban J connectivity index is 1.97. The summed E-state index contributed by atoms with van der Waals surface area (Å²) < 4.78 is 4.77. The number of hydrogen-bond donors (Lipinski definition) is 2. The average Bonchev–Trinajstić information content (AvgIpc) is 2.54. The van der Waals surface area contributed by atoms with Crippen LogP contribution >= 0.6 is 0 Å². The molecule has 0 aromatic carbocycles. The van der Waals surface area contributed by atoms with Crippen molar-refractivity contribution in [2.45, 2.75) is 6.10 Å². The van der Waals surface area contributed by atoms with Crippen LogP contribution in [-0.4, -0.2) is 52.3 Å². The van der Waals surface area contributed by atoms with Gasteiger partial charge in [0.15, 0.2) is 5.82 Å². The van der Waals surface area contributed by atoms with Gasteiger partial charge in [-0.2, -0.15) is 0 Å². The summed E-state index contributed by atoms with van der Waals surface area (Å²) in [7, 11) is 1.48. The van der Waals surface area contributed by atoms with E-state index in [2.05, 4.69) is 20.3 Å². The minimum atomic E-state index is -0.743. The highest BCUT2D eigenvalue weighted by Crippen LogP contribution is 2.09. The Labute approximate surface area is 122 Å². The van der Waals surface area contributed by atoms with Crippen molar-refractivity contribution < 1.29 is 14.6 Å². The Morgan fingerprint density at radius 3 is 2.71 bits per heavy atom. The maximum atomic E-state index is 11.8. The van der Waals surface area contributed by atoms with Crippen LogP contribution < -0.4 is 5.32 Å². The van der Waals surface area contributed by atoms with E-state index in [0.29, 0.717) is 17.1 Å². The molecule has 0 radical (unpaired) electrons. The van der Waals surface area contributed by atoms with Gasteiger partial charge in [-0.15, -0.1) is 0 Å². The van der Waals surface area contributed by atoms with E-state index < -0.39 is 6.10 Å². The summed E-state index contributed by atoms with van der Waals surface area (Å²) >= 11 is 0. The average molecular weight is 288 g/mol. The van der Waals surface area contributed by atoms with E-state index >= 15 is 0 Å². The summed E-state index contributed by atoms with van der Waals surface area (Å²) in [6.45, 7) is 0.268. The smallest absolute Gasteiger partial charge is 0.254 e. The Hall–Kier alpha value is -2.38. The van der Waals surface area contributed by atoms with Crippen LogP contribution in [-0.2, 0) is 4.74 Å². The van der Waals surface area contributed by atoms with E-state index in [9.17, 15) is 9.90 Å². The predicted octanol–water partition coefficient (Wildman–Crippen LogP) is 0.276. The number of nitrogens with zero attached hydrogens (tertiary/aromatic N) is 3. The van der Waals surface area contributed by atoms with Crippen LogP contribution in [0.2, 0.25) is 0 Å². The minimum absolute atomic E-state index is 0.106. The second-order valence-electron chi connectivity index (χ2n) is 4.33. The first-order valence-corrected chi connectivity index (χ1v) is 6.39. The standard InChI is InChI=1S/C14H16N4O3/c1-21-9-11(19)8-18-14(20)10-6-16-13(17-7-10)12-4-2-3-5-15-12/h2-7,11,19H,8-9H2,1H3,(H,18,20)/t11-/m0/s1. The Kier molecular flexibility index (Phi) is 5.30. The molecule has 110 valence electrons. The molecule has 0 saturated heterocycles. The number of rotatable bonds is 6. The van der Waals surface area contributed by atoms with E-state index in [-0.39, 0.29) is 19.1 Å². The molecular weight excluding hydrogens is 272 g/mol. The second-order valence-corrected chi connectivity index (χ2v) is 4.33. The maximum absolute atomic E-state index is 11.8. The molecule has 2 rings (SSSR count). The molecule has 7 nitrogen and oxygen atoms in total. The van der Waals surface area contributed by atoms with Gasteiger partial charge in [0.25, 0.3) is 5.91 Å². The van der Waals surface area contributed by atoms with Crippen molar-refractivity contribution in [3.8, 4) is 11.5 Å². The predicted molar refractivity (Wildman–Crippen MR) is 75.5 cm³/mol. The first-order chi connectivity index (χ1) is 10.2. The number of ether oxygens (including phenoxy) is 1. The molecule has 21 heavy (non-hydrogen) atoms. The fraction of sp³-hybridized carbons (Fsp3) is 0.286. The van der Waals surface area contributed by atoms with Gasteiger partial charge in [-0.3, -0.25) is 9.78 Å². The molecular formula is C14H16N4O3. The van der Waals surface area contributed by atoms with Gasteiger partial charge in [-0.1, -0.05) is 6.07 Å². The van der Waals surface area contributed by atoms with E-state index in [1.165, 1.54) is 19.5 Å². The summed E-state index contributed by atoms with van der Waals surface area (Å²) in [5.74, 6) is 0.101. The summed E-state index contributed by atoms with van der Waals surface area (Å²) in [5, 5.41) is 12.0. The highest BCUT2D eigenvalue weighted by atomic mass is 16.5. The van der Waals surface area contributed by atoms with Crippen molar-refractivity contribution in [1.82, 2.24) is 20.3 Å². The van der Waals surface area contributed by atoms with Crippen LogP contribution in [0.5, 0.6) is 0 Å². The first kappa shape index (κ1) is 15.0. The third-order valence-corrected chi connectivity index (χ3v) is 2.67. The van der Waals surface area contributed by atoms with E-state index in [4.69, 9.17) is 4.74 Å². The van der Waals surface area contributed by atoms with Gasteiger partial charge in [0.1, 0.15) is 5.69 Å². The summed E-state index contributed by atoms with van der Waals surface area (Å²) in [6, 6.07) is 5.43. The fourth-order valence-electron chi connectivity index (χ4n) is 1.64. The lowest BCUT2D eigenvalue weighted by molar-refractivity contribution is 0.0609. The summed E-state index contributed by atoms with van der Waals surface area (Å²) in [4.78, 5) is 24.2. The lowest BCUT2D eigenvalue weighted by Gasteiger charge is -2.10. The molecule has 0 aliphatic heterocycles. The van der Waals surface area contributed by atoms with Crippen molar-refractivity contribution in [2.75, 3.05) is 20.3 Å². The molecule has 2 aromatic heterocycles. The van der Waals surface area contributed by atoms with Crippen molar-refractivity contribution in [2.24, 2.45) is 0 Å². The highest BCUT2D eigenvalue weighted by molar-refractivity contribution is 5.93. The number of carbonyl (C=O) groups is 1. The largest absolute Gasteiger partial charge is 0.389 e. The molecule has 0 aliphatic carbocycles. The summed E-state index contributed by atoms with van der Waals surface area (Å²) in [5.41, 5.74) is 0.958. The monoisotopic (exact) mass is 288 g/mol. The number of pyridine rings is 1. The van der Waals surface area contributed by atoms with Crippen LogP contribution in [0.1, 0.15) is 10.4 Å². The molecule has 2 aromatic rings. The Morgan fingerprint density at radius 1 is 1.33 bits per heavy atom. The van der Waals surface area contributed by atoms with Gasteiger partial charge in [0.2, 0.25) is 0 Å². The Bertz CT molecular complexity index is 575. The van der Waals surface area contributed by atoms with Gasteiger partial charge in [-0.05, 0) is 12.1 Å². The van der Waals surface area contributed by atoms with E-state index in [0.717, 1.165) is 0 Å². The van der Waals surface area contributed by atoms with Crippen LogP contribution in [0.15, 0.2) is 36.8 Å². The number of aliphatic hydroxyl groups excluding tert-OH is 1. The Morgan fingerprint density at radius 2 is 2.10 bits per heavy atom. The number of nitrogens with one attached hydrogen (secondary N) is 1. The van der Waals surface area contributed by atoms with E-state index in [1.807, 2.05) is 6.07 Å². The van der Waals surface area contributed by atoms with Crippen molar-refractivity contribution in [3.63, 3.8) is 0 Å². The SMILES string of the molecule is COC[C@@H](O)CNC(=O)c1cnc(-c2ccccn2)nc1. The zero-order valence-corrected chi connectivity index (χ0v) is 11.6. The maximum Gasteiger partial charge on any atom is 0.254 e. The number of aromatic nitrogens is 3.